The van der Waals surface area contributed by atoms with Crippen molar-refractivity contribution in [2.75, 3.05) is 0 Å². The smallest absolute Gasteiger partial charge is 0.191 e. The molecule has 1 aromatic carbocycles. The molecule has 0 N–H and O–H groups in total. The molecule has 5 heteroatoms. The normalized spacial score (nSPS) is 26.3. The van der Waals surface area contributed by atoms with Gasteiger partial charge in [-0.2, -0.15) is 10.5 Å². The van der Waals surface area contributed by atoms with Crippen LogP contribution in [0, 0.1) is 22.7 Å². The lowest BCUT2D eigenvalue weighted by molar-refractivity contribution is 0.584. The molecule has 0 spiro atoms. The standard InChI is InChI=1S/C10H6N2O2S/c11-5-9-7-2-1-3-8(4-7)10(6-12)15(9,13)14/h1-4,9-10H. The van der Waals surface area contributed by atoms with Crippen molar-refractivity contribution < 1.29 is 8.42 Å². The van der Waals surface area contributed by atoms with Crippen LogP contribution in [0.5, 0.6) is 0 Å². The Morgan fingerprint density at radius 1 is 1.07 bits per heavy atom. The molecule has 15 heavy (non-hydrogen) atoms. The maximum atomic E-state index is 11.8. The summed E-state index contributed by atoms with van der Waals surface area (Å²) in [6, 6.07) is 9.89. The first-order chi connectivity index (χ1) is 7.11. The van der Waals surface area contributed by atoms with Crippen molar-refractivity contribution in [3.8, 4) is 12.1 Å². The summed E-state index contributed by atoms with van der Waals surface area (Å²) in [6.45, 7) is 0. The summed E-state index contributed by atoms with van der Waals surface area (Å²) < 4.78 is 23.7. The van der Waals surface area contributed by atoms with E-state index in [0.717, 1.165) is 0 Å². The van der Waals surface area contributed by atoms with Gasteiger partial charge in [-0.05, 0) is 11.1 Å². The topological polar surface area (TPSA) is 81.7 Å². The Bertz CT molecular complexity index is 549. The fourth-order valence-corrected chi connectivity index (χ4v) is 3.31. The summed E-state index contributed by atoms with van der Waals surface area (Å²) in [6.07, 6.45) is 0. The van der Waals surface area contributed by atoms with Crippen molar-refractivity contribution in [3.63, 3.8) is 0 Å². The molecule has 2 unspecified atom stereocenters. The molecule has 0 saturated carbocycles. The summed E-state index contributed by atoms with van der Waals surface area (Å²) in [4.78, 5) is 0. The molecule has 0 amide bonds. The first-order valence-electron chi connectivity index (χ1n) is 4.23. The van der Waals surface area contributed by atoms with Gasteiger partial charge in [-0.1, -0.05) is 24.3 Å². The van der Waals surface area contributed by atoms with E-state index in [1.54, 1.807) is 36.4 Å². The van der Waals surface area contributed by atoms with E-state index in [9.17, 15) is 8.42 Å². The number of sulfone groups is 1. The highest BCUT2D eigenvalue weighted by atomic mass is 32.2. The number of nitriles is 2. The highest BCUT2D eigenvalue weighted by Gasteiger charge is 2.40. The maximum absolute atomic E-state index is 11.8. The summed E-state index contributed by atoms with van der Waals surface area (Å²) in [5.74, 6) is 0. The SMILES string of the molecule is N#CC1c2cccc(c2)C(C#N)S1(=O)=O. The minimum absolute atomic E-state index is 0.446. The van der Waals surface area contributed by atoms with Crippen LogP contribution in [0.3, 0.4) is 0 Å². The Balaban J connectivity index is 2.78. The van der Waals surface area contributed by atoms with Gasteiger partial charge in [0.15, 0.2) is 20.3 Å². The van der Waals surface area contributed by atoms with E-state index < -0.39 is 20.3 Å². The molecule has 4 nitrogen and oxygen atoms in total. The van der Waals surface area contributed by atoms with Gasteiger partial charge in [0.2, 0.25) is 0 Å². The third-order valence-electron chi connectivity index (χ3n) is 2.41. The minimum Gasteiger partial charge on any atom is -0.225 e. The zero-order chi connectivity index (χ0) is 11.1. The first kappa shape index (κ1) is 9.70. The lowest BCUT2D eigenvalue weighted by Gasteiger charge is -2.21. The van der Waals surface area contributed by atoms with Gasteiger partial charge < -0.3 is 0 Å². The van der Waals surface area contributed by atoms with E-state index in [4.69, 9.17) is 10.5 Å². The molecular formula is C10H6N2O2S. The Hall–Kier alpha value is -1.85. The number of fused-ring (bicyclic) bond motifs is 2. The highest BCUT2D eigenvalue weighted by Crippen LogP contribution is 2.38. The molecule has 2 atom stereocenters. The lowest BCUT2D eigenvalue weighted by atomic mass is 10.1. The van der Waals surface area contributed by atoms with Crippen LogP contribution in [-0.2, 0) is 9.84 Å². The molecule has 2 rings (SSSR count). The largest absolute Gasteiger partial charge is 0.225 e. The second-order valence-electron chi connectivity index (χ2n) is 3.28. The molecule has 74 valence electrons. The van der Waals surface area contributed by atoms with Crippen LogP contribution in [0.25, 0.3) is 0 Å². The first-order valence-corrected chi connectivity index (χ1v) is 5.84. The third kappa shape index (κ3) is 1.21. The van der Waals surface area contributed by atoms with E-state index >= 15 is 0 Å². The molecule has 0 fully saturated rings. The van der Waals surface area contributed by atoms with Crippen LogP contribution in [0.1, 0.15) is 21.6 Å². The van der Waals surface area contributed by atoms with Crippen molar-refractivity contribution >= 4 is 9.84 Å². The maximum Gasteiger partial charge on any atom is 0.191 e. The van der Waals surface area contributed by atoms with Gasteiger partial charge in [0.25, 0.3) is 0 Å². The molecule has 2 bridgehead atoms. The molecule has 1 aliphatic rings. The predicted molar refractivity (Wildman–Crippen MR) is 52.1 cm³/mol. The Morgan fingerprint density at radius 3 is 1.93 bits per heavy atom. The third-order valence-corrected chi connectivity index (χ3v) is 4.48. The van der Waals surface area contributed by atoms with E-state index in [1.165, 1.54) is 0 Å². The van der Waals surface area contributed by atoms with Gasteiger partial charge in [-0.25, -0.2) is 8.42 Å². The molecule has 0 aliphatic carbocycles. The molecule has 1 aliphatic heterocycles. The van der Waals surface area contributed by atoms with Gasteiger partial charge in [-0.3, -0.25) is 0 Å². The minimum atomic E-state index is -3.73. The van der Waals surface area contributed by atoms with Gasteiger partial charge >= 0.3 is 0 Å². The number of nitrogens with zero attached hydrogens (tertiary/aromatic N) is 2. The number of benzene rings is 1. The highest BCUT2D eigenvalue weighted by molar-refractivity contribution is 7.92. The second kappa shape index (κ2) is 3.08. The van der Waals surface area contributed by atoms with Gasteiger partial charge in [-0.15, -0.1) is 0 Å². The zero-order valence-electron chi connectivity index (χ0n) is 7.58. The Morgan fingerprint density at radius 2 is 1.53 bits per heavy atom. The van der Waals surface area contributed by atoms with E-state index in [2.05, 4.69) is 0 Å². The molecule has 1 aromatic rings. The summed E-state index contributed by atoms with van der Waals surface area (Å²) in [5, 5.41) is 15.2. The Labute approximate surface area is 87.3 Å². The van der Waals surface area contributed by atoms with Crippen LogP contribution in [-0.4, -0.2) is 8.42 Å². The van der Waals surface area contributed by atoms with Crippen LogP contribution < -0.4 is 0 Å². The summed E-state index contributed by atoms with van der Waals surface area (Å²) in [7, 11) is -3.73. The van der Waals surface area contributed by atoms with E-state index in [1.807, 2.05) is 0 Å². The van der Waals surface area contributed by atoms with Crippen molar-refractivity contribution in [1.82, 2.24) is 0 Å². The van der Waals surface area contributed by atoms with Gasteiger partial charge in [0.1, 0.15) is 0 Å². The fourth-order valence-electron chi connectivity index (χ4n) is 1.70. The second-order valence-corrected chi connectivity index (χ2v) is 5.40. The number of hydrogen-bond donors (Lipinski definition) is 0. The van der Waals surface area contributed by atoms with Crippen molar-refractivity contribution in [2.24, 2.45) is 0 Å². The summed E-state index contributed by atoms with van der Waals surface area (Å²) in [5.41, 5.74) is 0.892. The van der Waals surface area contributed by atoms with Crippen molar-refractivity contribution in [3.05, 3.63) is 35.4 Å². The average molecular weight is 218 g/mol. The zero-order valence-corrected chi connectivity index (χ0v) is 8.40. The molecule has 0 aromatic heterocycles. The van der Waals surface area contributed by atoms with Crippen molar-refractivity contribution in [1.29, 1.82) is 10.5 Å². The monoisotopic (exact) mass is 218 g/mol. The van der Waals surface area contributed by atoms with E-state index in [-0.39, 0.29) is 0 Å². The average Bonchev–Trinajstić information content (AvgIpc) is 2.18. The molecule has 0 saturated heterocycles. The molecule has 0 radical (unpaired) electrons. The quantitative estimate of drug-likeness (QED) is 0.656. The van der Waals surface area contributed by atoms with E-state index in [0.29, 0.717) is 11.1 Å². The number of rotatable bonds is 0. The summed E-state index contributed by atoms with van der Waals surface area (Å²) >= 11 is 0. The van der Waals surface area contributed by atoms with Gasteiger partial charge in [0.05, 0.1) is 12.1 Å². The van der Waals surface area contributed by atoms with Crippen molar-refractivity contribution in [2.45, 2.75) is 10.5 Å². The fraction of sp³-hybridized carbons (Fsp3) is 0.200. The van der Waals surface area contributed by atoms with Crippen LogP contribution in [0.2, 0.25) is 0 Å². The predicted octanol–water partition coefficient (Wildman–Crippen LogP) is 1.24. The van der Waals surface area contributed by atoms with Crippen LogP contribution in [0.4, 0.5) is 0 Å². The Kier molecular flexibility index (Phi) is 1.99. The van der Waals surface area contributed by atoms with Crippen LogP contribution >= 0.6 is 0 Å². The number of hydrogen-bond acceptors (Lipinski definition) is 4. The van der Waals surface area contributed by atoms with Crippen LogP contribution in [0.15, 0.2) is 24.3 Å². The molecule has 1 heterocycles. The lowest BCUT2D eigenvalue weighted by Crippen LogP contribution is -2.23. The van der Waals surface area contributed by atoms with Gasteiger partial charge in [0, 0.05) is 0 Å². The molecular weight excluding hydrogens is 212 g/mol.